The van der Waals surface area contributed by atoms with Crippen LogP contribution in [0, 0.1) is 5.92 Å². The summed E-state index contributed by atoms with van der Waals surface area (Å²) in [6.45, 7) is 1.44. The van der Waals surface area contributed by atoms with Gasteiger partial charge in [0.15, 0.2) is 0 Å². The average molecular weight is 352 g/mol. The lowest BCUT2D eigenvalue weighted by atomic mass is 10.1. The monoisotopic (exact) mass is 352 g/mol. The number of carboxylic acid groups (broad SMARTS) is 1. The Morgan fingerprint density at radius 2 is 2.08 bits per heavy atom. The Bertz CT molecular complexity index is 788. The van der Waals surface area contributed by atoms with Crippen LogP contribution in [-0.2, 0) is 17.8 Å². The third-order valence-corrected chi connectivity index (χ3v) is 5.30. The second-order valence-corrected chi connectivity index (χ2v) is 7.23. The molecule has 0 radical (unpaired) electrons. The molecule has 1 aromatic heterocycles. The van der Waals surface area contributed by atoms with Crippen molar-refractivity contribution in [3.63, 3.8) is 0 Å². The maximum Gasteiger partial charge on any atom is 0.303 e. The van der Waals surface area contributed by atoms with Crippen LogP contribution in [-0.4, -0.2) is 22.6 Å². The van der Waals surface area contributed by atoms with E-state index < -0.39 is 5.97 Å². The molecule has 1 aliphatic heterocycles. The molecule has 1 fully saturated rings. The molecule has 2 N–H and O–H groups in total. The van der Waals surface area contributed by atoms with Gasteiger partial charge in [0.1, 0.15) is 18.2 Å². The number of hydrogen-bond donors (Lipinski definition) is 2. The van der Waals surface area contributed by atoms with Gasteiger partial charge in [-0.15, -0.1) is 0 Å². The third kappa shape index (κ3) is 3.98. The molecule has 136 valence electrons. The van der Waals surface area contributed by atoms with Crippen molar-refractivity contribution in [1.29, 1.82) is 0 Å². The van der Waals surface area contributed by atoms with Crippen LogP contribution in [0.15, 0.2) is 36.4 Å². The molecule has 0 saturated heterocycles. The Morgan fingerprint density at radius 1 is 1.23 bits per heavy atom. The van der Waals surface area contributed by atoms with Crippen LogP contribution in [0.5, 0.6) is 5.75 Å². The zero-order chi connectivity index (χ0) is 17.9. The molecule has 0 amide bonds. The molecule has 1 saturated carbocycles. The van der Waals surface area contributed by atoms with E-state index in [0.29, 0.717) is 18.4 Å². The van der Waals surface area contributed by atoms with E-state index in [1.165, 1.54) is 11.1 Å². The molecule has 1 aliphatic carbocycles. The van der Waals surface area contributed by atoms with Crippen molar-refractivity contribution in [2.45, 2.75) is 44.6 Å². The summed E-state index contributed by atoms with van der Waals surface area (Å²) in [5.74, 6) is 2.16. The fourth-order valence-electron chi connectivity index (χ4n) is 3.70. The lowest BCUT2D eigenvalue weighted by Gasteiger charge is -2.17. The van der Waals surface area contributed by atoms with Gasteiger partial charge in [0.05, 0.1) is 5.69 Å². The van der Waals surface area contributed by atoms with Gasteiger partial charge in [-0.2, -0.15) is 0 Å². The Labute approximate surface area is 153 Å². The summed E-state index contributed by atoms with van der Waals surface area (Å²) >= 11 is 0. The van der Waals surface area contributed by atoms with Crippen LogP contribution in [0.3, 0.4) is 0 Å². The molecule has 2 heterocycles. The largest absolute Gasteiger partial charge is 0.487 e. The number of nitrogens with one attached hydrogen (secondary N) is 1. The molecule has 26 heavy (non-hydrogen) atoms. The number of nitrogens with zero attached hydrogens (tertiary/aromatic N) is 1. The highest BCUT2D eigenvalue weighted by atomic mass is 16.5. The molecule has 2 aliphatic rings. The number of fused-ring (bicyclic) bond motifs is 1. The number of ether oxygens (including phenoxy) is 1. The van der Waals surface area contributed by atoms with E-state index in [0.717, 1.165) is 49.5 Å². The van der Waals surface area contributed by atoms with E-state index in [2.05, 4.69) is 28.5 Å². The van der Waals surface area contributed by atoms with Crippen molar-refractivity contribution in [3.05, 3.63) is 53.2 Å². The predicted molar refractivity (Wildman–Crippen MR) is 99.5 cm³/mol. The fraction of sp³-hybridized carbons (Fsp3) is 0.429. The zero-order valence-electron chi connectivity index (χ0n) is 14.8. The molecular formula is C21H24N2O3. The number of aliphatic carboxylic acids is 1. The second kappa shape index (κ2) is 7.36. The highest BCUT2D eigenvalue weighted by molar-refractivity contribution is 5.66. The standard InChI is InChI=1S/C21H24N2O3/c24-20(25)10-6-16-12-19(16)14-4-8-18(9-5-14)26-13-17-7-3-15-2-1-11-22-21(15)23-17/h3-5,7-9,16,19H,1-2,6,10-13H2,(H,22,23)(H,24,25). The summed E-state index contributed by atoms with van der Waals surface area (Å²) < 4.78 is 5.88. The number of hydrogen-bond acceptors (Lipinski definition) is 4. The van der Waals surface area contributed by atoms with Crippen molar-refractivity contribution in [3.8, 4) is 5.75 Å². The van der Waals surface area contributed by atoms with E-state index in [1.807, 2.05) is 18.2 Å². The fourth-order valence-corrected chi connectivity index (χ4v) is 3.70. The Balaban J connectivity index is 1.30. The molecular weight excluding hydrogens is 328 g/mol. The first kappa shape index (κ1) is 16.9. The lowest BCUT2D eigenvalue weighted by Crippen LogP contribution is -2.14. The quantitative estimate of drug-likeness (QED) is 0.788. The predicted octanol–water partition coefficient (Wildman–Crippen LogP) is 3.99. The second-order valence-electron chi connectivity index (χ2n) is 7.23. The maximum atomic E-state index is 10.7. The van der Waals surface area contributed by atoms with E-state index in [4.69, 9.17) is 9.84 Å². The van der Waals surface area contributed by atoms with Gasteiger partial charge in [0.25, 0.3) is 0 Å². The third-order valence-electron chi connectivity index (χ3n) is 5.30. The summed E-state index contributed by atoms with van der Waals surface area (Å²) in [5, 5.41) is 12.1. The van der Waals surface area contributed by atoms with Crippen molar-refractivity contribution in [2.75, 3.05) is 11.9 Å². The number of carboxylic acids is 1. The number of pyridine rings is 1. The van der Waals surface area contributed by atoms with Crippen molar-refractivity contribution in [2.24, 2.45) is 5.92 Å². The molecule has 5 heteroatoms. The molecule has 2 unspecified atom stereocenters. The highest BCUT2D eigenvalue weighted by Crippen LogP contribution is 2.50. The summed E-state index contributed by atoms with van der Waals surface area (Å²) in [6, 6.07) is 12.4. The summed E-state index contributed by atoms with van der Waals surface area (Å²) in [5.41, 5.74) is 3.49. The molecule has 0 bridgehead atoms. The highest BCUT2D eigenvalue weighted by Gasteiger charge is 2.37. The lowest BCUT2D eigenvalue weighted by molar-refractivity contribution is -0.137. The minimum atomic E-state index is -0.703. The van der Waals surface area contributed by atoms with Gasteiger partial charge in [0, 0.05) is 13.0 Å². The number of aromatic nitrogens is 1. The van der Waals surface area contributed by atoms with Gasteiger partial charge in [-0.25, -0.2) is 4.98 Å². The van der Waals surface area contributed by atoms with Crippen LogP contribution < -0.4 is 10.1 Å². The number of benzene rings is 1. The SMILES string of the molecule is O=C(O)CCC1CC1c1ccc(OCc2ccc3c(n2)NCCC3)cc1. The van der Waals surface area contributed by atoms with E-state index in [9.17, 15) is 4.79 Å². The first-order valence-corrected chi connectivity index (χ1v) is 9.36. The number of anilines is 1. The number of carbonyl (C=O) groups is 1. The molecule has 2 aromatic rings. The van der Waals surface area contributed by atoms with Crippen molar-refractivity contribution in [1.82, 2.24) is 4.98 Å². The Hall–Kier alpha value is -2.56. The smallest absolute Gasteiger partial charge is 0.303 e. The molecule has 2 atom stereocenters. The van der Waals surface area contributed by atoms with E-state index >= 15 is 0 Å². The normalized spacial score (nSPS) is 20.8. The van der Waals surface area contributed by atoms with Gasteiger partial charge >= 0.3 is 5.97 Å². The van der Waals surface area contributed by atoms with Crippen molar-refractivity contribution >= 4 is 11.8 Å². The first-order chi connectivity index (χ1) is 12.7. The van der Waals surface area contributed by atoms with Crippen LogP contribution in [0.25, 0.3) is 0 Å². The summed E-state index contributed by atoms with van der Waals surface area (Å²) in [6.07, 6.45) is 4.39. The summed E-state index contributed by atoms with van der Waals surface area (Å²) in [4.78, 5) is 15.3. The minimum absolute atomic E-state index is 0.269. The maximum absolute atomic E-state index is 10.7. The Kier molecular flexibility index (Phi) is 4.78. The average Bonchev–Trinajstić information content (AvgIpc) is 3.45. The zero-order valence-corrected chi connectivity index (χ0v) is 14.8. The van der Waals surface area contributed by atoms with Gasteiger partial charge in [0.2, 0.25) is 0 Å². The van der Waals surface area contributed by atoms with Crippen LogP contribution >= 0.6 is 0 Å². The molecule has 0 spiro atoms. The topological polar surface area (TPSA) is 71.5 Å². The van der Waals surface area contributed by atoms with E-state index in [1.54, 1.807) is 0 Å². The van der Waals surface area contributed by atoms with Crippen LogP contribution in [0.1, 0.15) is 48.4 Å². The minimum Gasteiger partial charge on any atom is -0.487 e. The molecule has 5 nitrogen and oxygen atoms in total. The number of rotatable bonds is 7. The van der Waals surface area contributed by atoms with Gasteiger partial charge in [-0.05, 0) is 66.8 Å². The van der Waals surface area contributed by atoms with Crippen molar-refractivity contribution < 1.29 is 14.6 Å². The van der Waals surface area contributed by atoms with Gasteiger partial charge in [-0.1, -0.05) is 18.2 Å². The van der Waals surface area contributed by atoms with Gasteiger partial charge in [-0.3, -0.25) is 4.79 Å². The number of aryl methyl sites for hydroxylation is 1. The molecule has 4 rings (SSSR count). The summed E-state index contributed by atoms with van der Waals surface area (Å²) in [7, 11) is 0. The van der Waals surface area contributed by atoms with Crippen LogP contribution in [0.4, 0.5) is 5.82 Å². The molecule has 1 aromatic carbocycles. The van der Waals surface area contributed by atoms with E-state index in [-0.39, 0.29) is 6.42 Å². The van der Waals surface area contributed by atoms with Crippen LogP contribution in [0.2, 0.25) is 0 Å². The Morgan fingerprint density at radius 3 is 2.88 bits per heavy atom. The van der Waals surface area contributed by atoms with Gasteiger partial charge < -0.3 is 15.2 Å². The first-order valence-electron chi connectivity index (χ1n) is 9.36.